The molecule has 0 fully saturated rings. The molecule has 1 unspecified atom stereocenters. The van der Waals surface area contributed by atoms with Gasteiger partial charge >= 0.3 is 0 Å². The maximum atomic E-state index is 5.22. The summed E-state index contributed by atoms with van der Waals surface area (Å²) in [6.07, 6.45) is 4.34. The number of allylic oxidation sites excluding steroid dienone is 3. The van der Waals surface area contributed by atoms with Crippen LogP contribution in [0.1, 0.15) is 41.7 Å². The normalized spacial score (nSPS) is 15.6. The van der Waals surface area contributed by atoms with Gasteiger partial charge in [0.05, 0.1) is 5.41 Å². The number of nitrogens with zero attached hydrogens (tertiary/aromatic N) is 3. The Bertz CT molecular complexity index is 2430. The summed E-state index contributed by atoms with van der Waals surface area (Å²) in [6.45, 7) is 4.29. The van der Waals surface area contributed by atoms with Crippen molar-refractivity contribution in [2.24, 2.45) is 0 Å². The summed E-state index contributed by atoms with van der Waals surface area (Å²) in [5, 5.41) is 3.56. The van der Waals surface area contributed by atoms with Crippen LogP contribution in [0.15, 0.2) is 176 Å². The second kappa shape index (κ2) is 12.5. The van der Waals surface area contributed by atoms with Gasteiger partial charge in [-0.1, -0.05) is 152 Å². The summed E-state index contributed by atoms with van der Waals surface area (Å²) in [4.78, 5) is 15.4. The molecule has 1 aliphatic heterocycles. The highest BCUT2D eigenvalue weighted by Gasteiger charge is 2.46. The van der Waals surface area contributed by atoms with Crippen LogP contribution in [-0.2, 0) is 5.41 Å². The summed E-state index contributed by atoms with van der Waals surface area (Å²) in [5.41, 5.74) is 13.3. The molecule has 6 aromatic carbocycles. The molecule has 9 rings (SSSR count). The number of nitrogens with one attached hydrogen (secondary N) is 1. The topological polar surface area (TPSA) is 50.7 Å². The molecular weight excluding hydrogens is 621 g/mol. The Kier molecular flexibility index (Phi) is 7.51. The van der Waals surface area contributed by atoms with Crippen LogP contribution >= 0.6 is 0 Å². The highest BCUT2D eigenvalue weighted by molar-refractivity contribution is 5.88. The van der Waals surface area contributed by atoms with Gasteiger partial charge in [0.25, 0.3) is 0 Å². The minimum atomic E-state index is -0.512. The van der Waals surface area contributed by atoms with Crippen molar-refractivity contribution in [3.63, 3.8) is 0 Å². The maximum Gasteiger partial charge on any atom is 0.164 e. The zero-order chi connectivity index (χ0) is 34.4. The van der Waals surface area contributed by atoms with Crippen LogP contribution in [0.2, 0.25) is 0 Å². The Balaban J connectivity index is 1.26. The van der Waals surface area contributed by atoms with E-state index in [-0.39, 0.29) is 6.04 Å². The summed E-state index contributed by atoms with van der Waals surface area (Å²) in [6, 6.07) is 56.2. The number of rotatable bonds is 6. The van der Waals surface area contributed by atoms with Gasteiger partial charge in [0.2, 0.25) is 0 Å². The smallest absolute Gasteiger partial charge is 0.164 e. The lowest BCUT2D eigenvalue weighted by atomic mass is 9.67. The van der Waals surface area contributed by atoms with Gasteiger partial charge in [-0.15, -0.1) is 0 Å². The van der Waals surface area contributed by atoms with Crippen molar-refractivity contribution in [1.82, 2.24) is 20.3 Å². The number of hydrogen-bond acceptors (Lipinski definition) is 4. The standard InChI is InChI=1S/C47H36N4/c1-31-25-27-39(32(2)48-31)34-17-14-18-35(29-34)45-49-44(33-15-6-3-7-16-33)50-46(51-45)36-26-28-41-40-23-12-13-24-42(40)47(43(41)30-36,37-19-8-4-9-20-37)38-21-10-5-11-22-38/h3-30,32,48H,1-2H3. The van der Waals surface area contributed by atoms with Gasteiger partial charge in [-0.2, -0.15) is 0 Å². The van der Waals surface area contributed by atoms with Crippen molar-refractivity contribution in [2.45, 2.75) is 25.3 Å². The van der Waals surface area contributed by atoms with Gasteiger partial charge in [-0.25, -0.2) is 15.0 Å². The van der Waals surface area contributed by atoms with Crippen molar-refractivity contribution in [1.29, 1.82) is 0 Å². The van der Waals surface area contributed by atoms with E-state index < -0.39 is 5.41 Å². The van der Waals surface area contributed by atoms with Gasteiger partial charge in [-0.3, -0.25) is 0 Å². The molecule has 4 heteroatoms. The number of fused-ring (bicyclic) bond motifs is 3. The molecule has 7 aromatic rings. The van der Waals surface area contributed by atoms with E-state index in [1.54, 1.807) is 0 Å². The first-order valence-electron chi connectivity index (χ1n) is 17.5. The van der Waals surface area contributed by atoms with Crippen LogP contribution in [-0.4, -0.2) is 21.0 Å². The van der Waals surface area contributed by atoms with Crippen LogP contribution in [0.4, 0.5) is 0 Å². The second-order valence-electron chi connectivity index (χ2n) is 13.4. The minimum Gasteiger partial charge on any atom is -0.382 e. The molecule has 0 spiro atoms. The van der Waals surface area contributed by atoms with E-state index in [0.29, 0.717) is 17.5 Å². The van der Waals surface area contributed by atoms with E-state index >= 15 is 0 Å². The Morgan fingerprint density at radius 3 is 1.67 bits per heavy atom. The van der Waals surface area contributed by atoms with Crippen LogP contribution < -0.4 is 5.32 Å². The molecule has 1 aromatic heterocycles. The molecule has 4 nitrogen and oxygen atoms in total. The van der Waals surface area contributed by atoms with Crippen LogP contribution in [0.25, 0.3) is 50.9 Å². The second-order valence-corrected chi connectivity index (χ2v) is 13.4. The van der Waals surface area contributed by atoms with E-state index in [1.165, 1.54) is 39.0 Å². The molecule has 0 amide bonds. The van der Waals surface area contributed by atoms with E-state index in [1.807, 2.05) is 18.2 Å². The van der Waals surface area contributed by atoms with Crippen molar-refractivity contribution in [3.8, 4) is 45.3 Å². The lowest BCUT2D eigenvalue weighted by molar-refractivity contribution is 0.734. The van der Waals surface area contributed by atoms with Gasteiger partial charge in [0.15, 0.2) is 17.5 Å². The first-order chi connectivity index (χ1) is 25.1. The first kappa shape index (κ1) is 30.7. The molecule has 0 radical (unpaired) electrons. The molecule has 244 valence electrons. The molecule has 2 aliphatic rings. The van der Waals surface area contributed by atoms with Crippen LogP contribution in [0.5, 0.6) is 0 Å². The Hall–Kier alpha value is -6.39. The molecule has 1 N–H and O–H groups in total. The number of dihydropyridines is 1. The quantitative estimate of drug-likeness (QED) is 0.194. The summed E-state index contributed by atoms with van der Waals surface area (Å²) in [5.74, 6) is 1.93. The third-order valence-electron chi connectivity index (χ3n) is 10.3. The molecule has 0 saturated carbocycles. The summed E-state index contributed by atoms with van der Waals surface area (Å²) >= 11 is 0. The Labute approximate surface area is 299 Å². The Morgan fingerprint density at radius 1 is 0.471 bits per heavy atom. The highest BCUT2D eigenvalue weighted by atomic mass is 15.0. The van der Waals surface area contributed by atoms with Crippen molar-refractivity contribution >= 4 is 5.57 Å². The largest absolute Gasteiger partial charge is 0.382 e. The first-order valence-corrected chi connectivity index (χ1v) is 17.5. The predicted octanol–water partition coefficient (Wildman–Crippen LogP) is 10.5. The molecule has 1 atom stereocenters. The van der Waals surface area contributed by atoms with Gasteiger partial charge in [0, 0.05) is 28.4 Å². The molecule has 2 heterocycles. The average molecular weight is 657 g/mol. The van der Waals surface area contributed by atoms with E-state index in [0.717, 1.165) is 28.0 Å². The fraction of sp³-hybridized carbons (Fsp3) is 0.0851. The lowest BCUT2D eigenvalue weighted by Crippen LogP contribution is -2.28. The third-order valence-corrected chi connectivity index (χ3v) is 10.3. The fourth-order valence-corrected chi connectivity index (χ4v) is 7.94. The van der Waals surface area contributed by atoms with Gasteiger partial charge < -0.3 is 5.32 Å². The molecule has 0 bridgehead atoms. The molecule has 1 aliphatic carbocycles. The van der Waals surface area contributed by atoms with E-state index in [9.17, 15) is 0 Å². The Morgan fingerprint density at radius 2 is 1.00 bits per heavy atom. The van der Waals surface area contributed by atoms with Crippen molar-refractivity contribution in [2.75, 3.05) is 0 Å². The maximum absolute atomic E-state index is 5.22. The van der Waals surface area contributed by atoms with E-state index in [4.69, 9.17) is 15.0 Å². The predicted molar refractivity (Wildman–Crippen MR) is 208 cm³/mol. The van der Waals surface area contributed by atoms with Crippen molar-refractivity contribution < 1.29 is 0 Å². The van der Waals surface area contributed by atoms with Gasteiger partial charge in [0.1, 0.15) is 0 Å². The highest BCUT2D eigenvalue weighted by Crippen LogP contribution is 2.56. The monoisotopic (exact) mass is 656 g/mol. The van der Waals surface area contributed by atoms with Gasteiger partial charge in [-0.05, 0) is 76.6 Å². The molecular formula is C47H36N4. The molecule has 0 saturated heterocycles. The zero-order valence-electron chi connectivity index (χ0n) is 28.6. The zero-order valence-corrected chi connectivity index (χ0v) is 28.6. The molecule has 51 heavy (non-hydrogen) atoms. The summed E-state index contributed by atoms with van der Waals surface area (Å²) in [7, 11) is 0. The van der Waals surface area contributed by atoms with Crippen molar-refractivity contribution in [3.05, 3.63) is 203 Å². The lowest BCUT2D eigenvalue weighted by Gasteiger charge is -2.34. The van der Waals surface area contributed by atoms with E-state index in [2.05, 4.69) is 171 Å². The van der Waals surface area contributed by atoms with Crippen LogP contribution in [0.3, 0.4) is 0 Å². The fourth-order valence-electron chi connectivity index (χ4n) is 7.94. The number of benzene rings is 6. The number of hydrogen-bond donors (Lipinski definition) is 1. The minimum absolute atomic E-state index is 0.198. The average Bonchev–Trinajstić information content (AvgIpc) is 3.49. The SMILES string of the molecule is CC1=CC=C(c2cccc(-c3nc(-c4ccccc4)nc(-c4ccc5c(c4)C(c4ccccc4)(c4ccccc4)c4ccccc4-5)n3)c2)C(C)N1. The summed E-state index contributed by atoms with van der Waals surface area (Å²) < 4.78 is 0. The number of aromatic nitrogens is 3. The van der Waals surface area contributed by atoms with Crippen LogP contribution in [0, 0.1) is 0 Å². The third kappa shape index (κ3) is 5.19.